The quantitative estimate of drug-likeness (QED) is 0.897. The summed E-state index contributed by atoms with van der Waals surface area (Å²) >= 11 is 6.05. The number of nitrogens with zero attached hydrogens (tertiary/aromatic N) is 2. The van der Waals surface area contributed by atoms with E-state index in [-0.39, 0.29) is 6.10 Å². The van der Waals surface area contributed by atoms with Gasteiger partial charge in [-0.25, -0.2) is 4.98 Å². The number of nitrogens with one attached hydrogen (secondary N) is 1. The van der Waals surface area contributed by atoms with Crippen LogP contribution in [0, 0.1) is 17.2 Å². The van der Waals surface area contributed by atoms with Gasteiger partial charge in [-0.3, -0.25) is 0 Å². The van der Waals surface area contributed by atoms with E-state index in [0.29, 0.717) is 22.3 Å². The van der Waals surface area contributed by atoms with Crippen LogP contribution in [0.25, 0.3) is 0 Å². The lowest BCUT2D eigenvalue weighted by Crippen LogP contribution is -2.21. The fourth-order valence-corrected chi connectivity index (χ4v) is 2.15. The van der Waals surface area contributed by atoms with Crippen molar-refractivity contribution in [2.75, 3.05) is 18.5 Å². The van der Waals surface area contributed by atoms with Crippen LogP contribution in [0.4, 0.5) is 5.82 Å². The van der Waals surface area contributed by atoms with Gasteiger partial charge in [0.2, 0.25) is 0 Å². The van der Waals surface area contributed by atoms with E-state index in [1.807, 2.05) is 6.07 Å². The summed E-state index contributed by atoms with van der Waals surface area (Å²) in [5, 5.41) is 12.4. The molecule has 2 unspecified atom stereocenters. The Balaban J connectivity index is 2.02. The van der Waals surface area contributed by atoms with E-state index in [2.05, 4.69) is 17.2 Å². The third-order valence-electron chi connectivity index (χ3n) is 3.07. The molecule has 0 radical (unpaired) electrons. The molecule has 1 aliphatic heterocycles. The first-order valence-corrected chi connectivity index (χ1v) is 6.00. The highest BCUT2D eigenvalue weighted by Gasteiger charge is 2.24. The van der Waals surface area contributed by atoms with Gasteiger partial charge in [-0.2, -0.15) is 5.26 Å². The monoisotopic (exact) mass is 251 g/mol. The highest BCUT2D eigenvalue weighted by Crippen LogP contribution is 2.25. The summed E-state index contributed by atoms with van der Waals surface area (Å²) in [7, 11) is 0. The molecule has 1 N–H and O–H groups in total. The Morgan fingerprint density at radius 1 is 1.71 bits per heavy atom. The normalized spacial score (nSPS) is 23.4. The second-order valence-corrected chi connectivity index (χ2v) is 4.52. The molecular formula is C12H14ClN3O. The SMILES string of the molecule is CC1OCCC1CNc1nccc(C#N)c1Cl. The van der Waals surface area contributed by atoms with Crippen LogP contribution in [0.3, 0.4) is 0 Å². The lowest BCUT2D eigenvalue weighted by Gasteiger charge is -2.15. The minimum absolute atomic E-state index is 0.264. The molecule has 1 saturated heterocycles. The molecule has 17 heavy (non-hydrogen) atoms. The summed E-state index contributed by atoms with van der Waals surface area (Å²) in [6.45, 7) is 3.65. The smallest absolute Gasteiger partial charge is 0.146 e. The molecule has 90 valence electrons. The fourth-order valence-electron chi connectivity index (χ4n) is 1.93. The number of hydrogen-bond acceptors (Lipinski definition) is 4. The second-order valence-electron chi connectivity index (χ2n) is 4.14. The van der Waals surface area contributed by atoms with E-state index < -0.39 is 0 Å². The van der Waals surface area contributed by atoms with Crippen molar-refractivity contribution in [1.82, 2.24) is 4.98 Å². The number of pyridine rings is 1. The molecular weight excluding hydrogens is 238 g/mol. The summed E-state index contributed by atoms with van der Waals surface area (Å²) in [5.41, 5.74) is 0.444. The first kappa shape index (κ1) is 12.2. The van der Waals surface area contributed by atoms with Crippen LogP contribution < -0.4 is 5.32 Å². The zero-order valence-electron chi connectivity index (χ0n) is 9.61. The third-order valence-corrected chi connectivity index (χ3v) is 3.46. The number of anilines is 1. The topological polar surface area (TPSA) is 57.9 Å². The molecule has 2 rings (SSSR count). The maximum Gasteiger partial charge on any atom is 0.146 e. The molecule has 0 saturated carbocycles. The highest BCUT2D eigenvalue weighted by atomic mass is 35.5. The van der Waals surface area contributed by atoms with Gasteiger partial charge in [-0.15, -0.1) is 0 Å². The standard InChI is InChI=1S/C12H14ClN3O/c1-8-10(3-5-17-8)7-16-12-11(13)9(6-14)2-4-15-12/h2,4,8,10H,3,5,7H2,1H3,(H,15,16). The summed E-state index contributed by atoms with van der Waals surface area (Å²) < 4.78 is 5.48. The molecule has 1 aromatic heterocycles. The van der Waals surface area contributed by atoms with Gasteiger partial charge in [0.25, 0.3) is 0 Å². The lowest BCUT2D eigenvalue weighted by atomic mass is 10.0. The Labute approximate surface area is 106 Å². The minimum Gasteiger partial charge on any atom is -0.378 e. The zero-order valence-corrected chi connectivity index (χ0v) is 10.4. The maximum absolute atomic E-state index is 8.85. The predicted molar refractivity (Wildman–Crippen MR) is 66.0 cm³/mol. The van der Waals surface area contributed by atoms with E-state index in [0.717, 1.165) is 19.6 Å². The fraction of sp³-hybridized carbons (Fsp3) is 0.500. The van der Waals surface area contributed by atoms with Crippen molar-refractivity contribution in [1.29, 1.82) is 5.26 Å². The van der Waals surface area contributed by atoms with Gasteiger partial charge < -0.3 is 10.1 Å². The van der Waals surface area contributed by atoms with Gasteiger partial charge in [-0.05, 0) is 19.4 Å². The van der Waals surface area contributed by atoms with Gasteiger partial charge >= 0.3 is 0 Å². The molecule has 4 nitrogen and oxygen atoms in total. The molecule has 0 aliphatic carbocycles. The number of rotatable bonds is 3. The molecule has 0 amide bonds. The van der Waals surface area contributed by atoms with Crippen molar-refractivity contribution in [3.63, 3.8) is 0 Å². The molecule has 2 atom stereocenters. The van der Waals surface area contributed by atoms with E-state index in [9.17, 15) is 0 Å². The Kier molecular flexibility index (Phi) is 3.82. The Morgan fingerprint density at radius 3 is 3.18 bits per heavy atom. The van der Waals surface area contributed by atoms with Crippen molar-refractivity contribution in [3.8, 4) is 6.07 Å². The molecule has 0 aromatic carbocycles. The van der Waals surface area contributed by atoms with Crippen LogP contribution >= 0.6 is 11.6 Å². The maximum atomic E-state index is 8.85. The number of ether oxygens (including phenoxy) is 1. The Bertz CT molecular complexity index is 444. The predicted octanol–water partition coefficient (Wildman–Crippen LogP) is 2.44. The Hall–Kier alpha value is -1.31. The first-order valence-electron chi connectivity index (χ1n) is 5.62. The largest absolute Gasteiger partial charge is 0.378 e. The molecule has 1 aliphatic rings. The summed E-state index contributed by atoms with van der Waals surface area (Å²) in [6, 6.07) is 3.64. The minimum atomic E-state index is 0.264. The third kappa shape index (κ3) is 2.68. The average molecular weight is 252 g/mol. The van der Waals surface area contributed by atoms with E-state index in [1.165, 1.54) is 0 Å². The summed E-state index contributed by atoms with van der Waals surface area (Å²) in [6.07, 6.45) is 2.89. The van der Waals surface area contributed by atoms with Crippen molar-refractivity contribution < 1.29 is 4.74 Å². The number of halogens is 1. The van der Waals surface area contributed by atoms with Gasteiger partial charge in [-0.1, -0.05) is 11.6 Å². The van der Waals surface area contributed by atoms with Crippen molar-refractivity contribution in [3.05, 3.63) is 22.8 Å². The lowest BCUT2D eigenvalue weighted by molar-refractivity contribution is 0.108. The van der Waals surface area contributed by atoms with Crippen LogP contribution in [0.5, 0.6) is 0 Å². The number of nitriles is 1. The average Bonchev–Trinajstić information content (AvgIpc) is 2.74. The van der Waals surface area contributed by atoms with Gasteiger partial charge in [0.05, 0.1) is 11.7 Å². The number of aromatic nitrogens is 1. The van der Waals surface area contributed by atoms with E-state index in [4.69, 9.17) is 21.6 Å². The molecule has 0 bridgehead atoms. The molecule has 2 heterocycles. The van der Waals surface area contributed by atoms with Crippen LogP contribution in [0.1, 0.15) is 18.9 Å². The summed E-state index contributed by atoms with van der Waals surface area (Å²) in [4.78, 5) is 4.14. The van der Waals surface area contributed by atoms with Crippen LogP contribution in [0.2, 0.25) is 5.02 Å². The van der Waals surface area contributed by atoms with Crippen molar-refractivity contribution in [2.24, 2.45) is 5.92 Å². The van der Waals surface area contributed by atoms with Gasteiger partial charge in [0, 0.05) is 25.3 Å². The highest BCUT2D eigenvalue weighted by molar-refractivity contribution is 6.34. The van der Waals surface area contributed by atoms with Crippen molar-refractivity contribution >= 4 is 17.4 Å². The van der Waals surface area contributed by atoms with Crippen molar-refractivity contribution in [2.45, 2.75) is 19.4 Å². The molecule has 1 fully saturated rings. The van der Waals surface area contributed by atoms with Crippen LogP contribution in [-0.4, -0.2) is 24.2 Å². The number of hydrogen-bond donors (Lipinski definition) is 1. The zero-order chi connectivity index (χ0) is 12.3. The van der Waals surface area contributed by atoms with Crippen LogP contribution in [-0.2, 0) is 4.74 Å². The van der Waals surface area contributed by atoms with Gasteiger partial charge in [0.15, 0.2) is 0 Å². The van der Waals surface area contributed by atoms with Gasteiger partial charge in [0.1, 0.15) is 16.9 Å². The van der Waals surface area contributed by atoms with E-state index >= 15 is 0 Å². The molecule has 5 heteroatoms. The first-order chi connectivity index (χ1) is 8.22. The Morgan fingerprint density at radius 2 is 2.53 bits per heavy atom. The molecule has 0 spiro atoms. The molecule has 1 aromatic rings. The van der Waals surface area contributed by atoms with Crippen LogP contribution in [0.15, 0.2) is 12.3 Å². The van der Waals surface area contributed by atoms with E-state index in [1.54, 1.807) is 12.3 Å². The second kappa shape index (κ2) is 5.35. The summed E-state index contributed by atoms with van der Waals surface area (Å²) in [5.74, 6) is 1.04.